The van der Waals surface area contributed by atoms with Gasteiger partial charge in [-0.15, -0.1) is 0 Å². The van der Waals surface area contributed by atoms with Crippen LogP contribution < -0.4 is 10.0 Å². The van der Waals surface area contributed by atoms with Crippen molar-refractivity contribution in [3.05, 3.63) is 5.82 Å². The van der Waals surface area contributed by atoms with Gasteiger partial charge in [0.1, 0.15) is 5.82 Å². The fourth-order valence-electron chi connectivity index (χ4n) is 0.953. The summed E-state index contributed by atoms with van der Waals surface area (Å²) in [5.74, 6) is 0.733. The molecular formula is C7H14N4O2S2. The Hall–Kier alpha value is -0.730. The van der Waals surface area contributed by atoms with Gasteiger partial charge in [0.2, 0.25) is 15.2 Å². The van der Waals surface area contributed by atoms with Gasteiger partial charge in [0.15, 0.2) is 0 Å². The van der Waals surface area contributed by atoms with E-state index in [1.54, 1.807) is 13.8 Å². The van der Waals surface area contributed by atoms with Crippen molar-refractivity contribution in [3.63, 3.8) is 0 Å². The molecule has 0 atom stereocenters. The third kappa shape index (κ3) is 4.54. The van der Waals surface area contributed by atoms with E-state index in [4.69, 9.17) is 0 Å². The van der Waals surface area contributed by atoms with Crippen LogP contribution in [0.5, 0.6) is 0 Å². The second-order valence-electron chi connectivity index (χ2n) is 2.89. The Morgan fingerprint density at radius 2 is 2.20 bits per heavy atom. The molecule has 0 fully saturated rings. The van der Waals surface area contributed by atoms with Gasteiger partial charge in [0.25, 0.3) is 0 Å². The van der Waals surface area contributed by atoms with Crippen molar-refractivity contribution < 1.29 is 8.42 Å². The second kappa shape index (κ2) is 5.38. The van der Waals surface area contributed by atoms with E-state index in [9.17, 15) is 8.42 Å². The summed E-state index contributed by atoms with van der Waals surface area (Å²) in [6, 6.07) is 0. The summed E-state index contributed by atoms with van der Waals surface area (Å²) in [4.78, 5) is 4.06. The lowest BCUT2D eigenvalue weighted by Crippen LogP contribution is -2.29. The lowest BCUT2D eigenvalue weighted by Gasteiger charge is -2.04. The highest BCUT2D eigenvalue weighted by Gasteiger charge is 2.08. The summed E-state index contributed by atoms with van der Waals surface area (Å²) in [5.41, 5.74) is 0. The van der Waals surface area contributed by atoms with E-state index in [1.165, 1.54) is 11.5 Å². The van der Waals surface area contributed by atoms with Crippen LogP contribution in [-0.2, 0) is 10.0 Å². The normalized spacial score (nSPS) is 11.6. The molecule has 0 bridgehead atoms. The zero-order chi connectivity index (χ0) is 11.3. The molecular weight excluding hydrogens is 236 g/mol. The number of nitrogens with zero attached hydrogens (tertiary/aromatic N) is 2. The van der Waals surface area contributed by atoms with Crippen LogP contribution in [0, 0.1) is 6.92 Å². The first kappa shape index (κ1) is 12.3. The lowest BCUT2D eigenvalue weighted by atomic mass is 10.7. The van der Waals surface area contributed by atoms with E-state index >= 15 is 0 Å². The molecule has 0 saturated carbocycles. The molecule has 0 aliphatic carbocycles. The Labute approximate surface area is 93.3 Å². The number of hydrogen-bond donors (Lipinski definition) is 2. The second-order valence-corrected chi connectivity index (χ2v) is 5.57. The van der Waals surface area contributed by atoms with Gasteiger partial charge in [-0.2, -0.15) is 4.37 Å². The average Bonchev–Trinajstić information content (AvgIpc) is 2.51. The van der Waals surface area contributed by atoms with E-state index in [2.05, 4.69) is 19.4 Å². The molecule has 0 spiro atoms. The Bertz CT molecular complexity index is 401. The molecule has 0 aromatic carbocycles. The van der Waals surface area contributed by atoms with Gasteiger partial charge in [0.05, 0.1) is 5.75 Å². The largest absolute Gasteiger partial charge is 0.359 e. The predicted octanol–water partition coefficient (Wildman–Crippen LogP) is 0.198. The molecule has 86 valence electrons. The van der Waals surface area contributed by atoms with Gasteiger partial charge in [0, 0.05) is 24.6 Å². The lowest BCUT2D eigenvalue weighted by molar-refractivity contribution is 0.584. The molecule has 0 unspecified atom stereocenters. The number of rotatable bonds is 6. The van der Waals surface area contributed by atoms with Crippen LogP contribution in [0.3, 0.4) is 0 Å². The minimum atomic E-state index is -3.15. The monoisotopic (exact) mass is 250 g/mol. The van der Waals surface area contributed by atoms with Crippen LogP contribution in [0.15, 0.2) is 0 Å². The maximum atomic E-state index is 11.2. The first-order valence-corrected chi connectivity index (χ1v) is 6.97. The van der Waals surface area contributed by atoms with Crippen molar-refractivity contribution >= 4 is 26.7 Å². The highest BCUT2D eigenvalue weighted by Crippen LogP contribution is 2.09. The molecule has 15 heavy (non-hydrogen) atoms. The molecule has 1 aromatic rings. The molecule has 8 heteroatoms. The van der Waals surface area contributed by atoms with Crippen molar-refractivity contribution in [1.82, 2.24) is 14.1 Å². The van der Waals surface area contributed by atoms with Crippen LogP contribution in [-0.4, -0.2) is 36.6 Å². The summed E-state index contributed by atoms with van der Waals surface area (Å²) in [6.45, 7) is 4.29. The predicted molar refractivity (Wildman–Crippen MR) is 60.6 cm³/mol. The summed E-state index contributed by atoms with van der Waals surface area (Å²) in [6.07, 6.45) is 0. The van der Waals surface area contributed by atoms with Crippen LogP contribution in [0.2, 0.25) is 0 Å². The van der Waals surface area contributed by atoms with Gasteiger partial charge in [-0.3, -0.25) is 0 Å². The van der Waals surface area contributed by atoms with Crippen molar-refractivity contribution in [2.24, 2.45) is 0 Å². The van der Waals surface area contributed by atoms with Gasteiger partial charge in [-0.05, 0) is 6.92 Å². The zero-order valence-electron chi connectivity index (χ0n) is 8.65. The summed E-state index contributed by atoms with van der Waals surface area (Å²) in [7, 11) is -3.15. The molecule has 0 aliphatic rings. The fraction of sp³-hybridized carbons (Fsp3) is 0.714. The van der Waals surface area contributed by atoms with Crippen LogP contribution >= 0.6 is 11.5 Å². The molecule has 0 saturated heterocycles. The van der Waals surface area contributed by atoms with Crippen molar-refractivity contribution in [2.45, 2.75) is 13.8 Å². The first-order chi connectivity index (χ1) is 7.03. The highest BCUT2D eigenvalue weighted by atomic mass is 32.2. The van der Waals surface area contributed by atoms with E-state index in [-0.39, 0.29) is 5.75 Å². The number of hydrogen-bond acceptors (Lipinski definition) is 6. The average molecular weight is 250 g/mol. The highest BCUT2D eigenvalue weighted by molar-refractivity contribution is 7.89. The topological polar surface area (TPSA) is 84.0 Å². The van der Waals surface area contributed by atoms with Crippen molar-refractivity contribution in [1.29, 1.82) is 0 Å². The Morgan fingerprint density at radius 3 is 2.73 bits per heavy atom. The molecule has 1 rings (SSSR count). The molecule has 2 N–H and O–H groups in total. The maximum Gasteiger partial charge on any atom is 0.213 e. The third-order valence-electron chi connectivity index (χ3n) is 1.54. The summed E-state index contributed by atoms with van der Waals surface area (Å²) >= 11 is 1.23. The summed E-state index contributed by atoms with van der Waals surface area (Å²) in [5, 5.41) is 3.56. The number of aromatic nitrogens is 2. The van der Waals surface area contributed by atoms with Crippen molar-refractivity contribution in [3.8, 4) is 0 Å². The maximum absolute atomic E-state index is 11.2. The molecule has 0 amide bonds. The zero-order valence-corrected chi connectivity index (χ0v) is 10.3. The van der Waals surface area contributed by atoms with Gasteiger partial charge in [-0.1, -0.05) is 6.92 Å². The summed E-state index contributed by atoms with van der Waals surface area (Å²) < 4.78 is 28.9. The van der Waals surface area contributed by atoms with Crippen LogP contribution in [0.25, 0.3) is 0 Å². The van der Waals surface area contributed by atoms with Crippen molar-refractivity contribution in [2.75, 3.05) is 24.2 Å². The molecule has 0 radical (unpaired) electrons. The number of nitrogens with one attached hydrogen (secondary N) is 2. The van der Waals surface area contributed by atoms with E-state index in [0.717, 1.165) is 0 Å². The number of anilines is 1. The van der Waals surface area contributed by atoms with Gasteiger partial charge in [-0.25, -0.2) is 18.1 Å². The number of aryl methyl sites for hydroxylation is 1. The van der Waals surface area contributed by atoms with Crippen LogP contribution in [0.1, 0.15) is 12.7 Å². The van der Waals surface area contributed by atoms with Crippen LogP contribution in [0.4, 0.5) is 5.13 Å². The molecule has 6 nitrogen and oxygen atoms in total. The minimum absolute atomic E-state index is 0.0411. The van der Waals surface area contributed by atoms with E-state index in [0.29, 0.717) is 24.0 Å². The quantitative estimate of drug-likeness (QED) is 0.753. The minimum Gasteiger partial charge on any atom is -0.359 e. The SMILES string of the molecule is CCNS(=O)(=O)CCNc1nc(C)ns1. The Kier molecular flexibility index (Phi) is 4.43. The Morgan fingerprint density at radius 1 is 1.47 bits per heavy atom. The van der Waals surface area contributed by atoms with Gasteiger partial charge >= 0.3 is 0 Å². The van der Waals surface area contributed by atoms with E-state index in [1.807, 2.05) is 0 Å². The first-order valence-electron chi connectivity index (χ1n) is 4.55. The smallest absolute Gasteiger partial charge is 0.213 e. The molecule has 0 aliphatic heterocycles. The standard InChI is InChI=1S/C7H14N4O2S2/c1-3-9-15(12,13)5-4-8-7-10-6(2)11-14-7/h9H,3-5H2,1-2H3,(H,8,10,11). The third-order valence-corrected chi connectivity index (χ3v) is 3.77. The molecule has 1 heterocycles. The van der Waals surface area contributed by atoms with E-state index < -0.39 is 10.0 Å². The molecule has 1 aromatic heterocycles. The van der Waals surface area contributed by atoms with Gasteiger partial charge < -0.3 is 5.32 Å². The Balaban J connectivity index is 2.33. The fourth-order valence-corrected chi connectivity index (χ4v) is 2.51. The number of sulfonamides is 1.